The molecule has 0 spiro atoms. The average Bonchev–Trinajstić information content (AvgIpc) is 3.42. The second kappa shape index (κ2) is 12.4. The molecule has 0 radical (unpaired) electrons. The summed E-state index contributed by atoms with van der Waals surface area (Å²) in [6.07, 6.45) is 1.64. The molecule has 5 aromatic rings. The molecule has 5 rings (SSSR count). The topological polar surface area (TPSA) is 93.3 Å². The van der Waals surface area contributed by atoms with Crippen molar-refractivity contribution in [1.29, 1.82) is 0 Å². The number of imidazole rings is 1. The van der Waals surface area contributed by atoms with E-state index < -0.39 is 11.8 Å². The lowest BCUT2D eigenvalue weighted by molar-refractivity contribution is 0.0601. The van der Waals surface area contributed by atoms with E-state index in [9.17, 15) is 14.0 Å². The maximum atomic E-state index is 14.4. The van der Waals surface area contributed by atoms with Crippen molar-refractivity contribution in [2.75, 3.05) is 14.2 Å². The summed E-state index contributed by atoms with van der Waals surface area (Å²) >= 11 is 6.73. The Morgan fingerprint density at radius 1 is 1.00 bits per heavy atom. The van der Waals surface area contributed by atoms with Gasteiger partial charge in [-0.25, -0.2) is 14.2 Å². The lowest BCUT2D eigenvalue weighted by atomic mass is 9.93. The number of amides is 1. The van der Waals surface area contributed by atoms with Gasteiger partial charge >= 0.3 is 5.97 Å². The van der Waals surface area contributed by atoms with E-state index in [0.717, 1.165) is 18.4 Å². The molecule has 214 valence electrons. The highest BCUT2D eigenvalue weighted by molar-refractivity contribution is 6.34. The molecule has 0 aliphatic carbocycles. The molecule has 0 unspecified atom stereocenters. The van der Waals surface area contributed by atoms with Gasteiger partial charge in [-0.15, -0.1) is 0 Å². The highest BCUT2D eigenvalue weighted by Gasteiger charge is 2.23. The Bertz CT molecular complexity index is 1770. The number of nitrogens with one attached hydrogen (secondary N) is 2. The Balaban J connectivity index is 1.58. The number of methoxy groups -OCH3 is 2. The fourth-order valence-electron chi connectivity index (χ4n) is 5.01. The van der Waals surface area contributed by atoms with Crippen molar-refractivity contribution in [3.8, 4) is 28.3 Å². The number of esters is 1. The molecule has 0 aliphatic rings. The van der Waals surface area contributed by atoms with Crippen LogP contribution in [0.1, 0.15) is 52.1 Å². The van der Waals surface area contributed by atoms with Crippen LogP contribution in [-0.2, 0) is 4.74 Å². The third-order valence-corrected chi connectivity index (χ3v) is 7.38. The normalized spacial score (nSPS) is 11.7. The molecule has 0 saturated carbocycles. The number of carbonyl (C=O) groups excluding carboxylic acids is 2. The number of H-pyrrole nitrogens is 1. The number of fused-ring (bicyclic) bond motifs is 1. The molecule has 4 aromatic carbocycles. The fraction of sp³-hybridized carbons (Fsp3) is 0.182. The SMILES string of the molecule is CCC[C@@H](NC(=O)c1ccc(-c2c(Cl)cccc2-c2nc3cc(OC)c(F)cc3[nH]2)c(C(=O)OC)c1)c1ccccc1. The molecule has 1 aromatic heterocycles. The Hall–Kier alpha value is -4.69. The Labute approximate surface area is 247 Å². The van der Waals surface area contributed by atoms with E-state index >= 15 is 0 Å². The Morgan fingerprint density at radius 3 is 2.50 bits per heavy atom. The minimum atomic E-state index is -0.630. The summed E-state index contributed by atoms with van der Waals surface area (Å²) in [4.78, 5) is 34.2. The Kier molecular flexibility index (Phi) is 8.54. The quantitative estimate of drug-likeness (QED) is 0.172. The first-order chi connectivity index (χ1) is 20.3. The monoisotopic (exact) mass is 585 g/mol. The van der Waals surface area contributed by atoms with E-state index in [0.29, 0.717) is 44.1 Å². The molecule has 0 saturated heterocycles. The molecule has 7 nitrogen and oxygen atoms in total. The van der Waals surface area contributed by atoms with Crippen molar-refractivity contribution in [1.82, 2.24) is 15.3 Å². The number of hydrogen-bond donors (Lipinski definition) is 2. The second-order valence-corrected chi connectivity index (χ2v) is 10.1. The van der Waals surface area contributed by atoms with Gasteiger partial charge in [0.2, 0.25) is 0 Å². The van der Waals surface area contributed by atoms with Crippen molar-refractivity contribution in [3.05, 3.63) is 106 Å². The maximum absolute atomic E-state index is 14.4. The van der Waals surface area contributed by atoms with Crippen LogP contribution in [0.2, 0.25) is 5.02 Å². The highest BCUT2D eigenvalue weighted by Crippen LogP contribution is 2.40. The number of ether oxygens (including phenoxy) is 2. The molecule has 0 bridgehead atoms. The minimum absolute atomic E-state index is 0.0714. The number of aromatic amines is 1. The largest absolute Gasteiger partial charge is 0.494 e. The van der Waals surface area contributed by atoms with Gasteiger partial charge in [0.25, 0.3) is 5.91 Å². The minimum Gasteiger partial charge on any atom is -0.494 e. The Morgan fingerprint density at radius 2 is 1.79 bits per heavy atom. The van der Waals surface area contributed by atoms with Gasteiger partial charge in [0.15, 0.2) is 11.6 Å². The molecular formula is C33H29ClFN3O4. The van der Waals surface area contributed by atoms with Gasteiger partial charge in [-0.2, -0.15) is 0 Å². The van der Waals surface area contributed by atoms with Crippen LogP contribution in [-0.4, -0.2) is 36.1 Å². The first-order valence-corrected chi connectivity index (χ1v) is 13.8. The number of aromatic nitrogens is 2. The van der Waals surface area contributed by atoms with Crippen LogP contribution >= 0.6 is 11.6 Å². The van der Waals surface area contributed by atoms with E-state index in [1.165, 1.54) is 32.4 Å². The average molecular weight is 586 g/mol. The lowest BCUT2D eigenvalue weighted by Gasteiger charge is -2.19. The van der Waals surface area contributed by atoms with Crippen LogP contribution < -0.4 is 10.1 Å². The zero-order chi connectivity index (χ0) is 29.8. The number of benzene rings is 4. The summed E-state index contributed by atoms with van der Waals surface area (Å²) < 4.78 is 24.6. The van der Waals surface area contributed by atoms with Gasteiger partial charge in [-0.3, -0.25) is 4.79 Å². The van der Waals surface area contributed by atoms with E-state index in [4.69, 9.17) is 21.1 Å². The highest BCUT2D eigenvalue weighted by atomic mass is 35.5. The van der Waals surface area contributed by atoms with Crippen molar-refractivity contribution >= 4 is 34.5 Å². The molecule has 0 aliphatic heterocycles. The summed E-state index contributed by atoms with van der Waals surface area (Å²) in [5.74, 6) is -0.987. The third kappa shape index (κ3) is 5.71. The summed E-state index contributed by atoms with van der Waals surface area (Å²) in [6, 6.07) is 22.5. The van der Waals surface area contributed by atoms with Crippen LogP contribution in [0.15, 0.2) is 78.9 Å². The molecule has 1 amide bonds. The van der Waals surface area contributed by atoms with Crippen molar-refractivity contribution in [3.63, 3.8) is 0 Å². The zero-order valence-electron chi connectivity index (χ0n) is 23.3. The number of hydrogen-bond acceptors (Lipinski definition) is 5. The van der Waals surface area contributed by atoms with Crippen LogP contribution in [0.5, 0.6) is 5.75 Å². The second-order valence-electron chi connectivity index (χ2n) is 9.73. The van der Waals surface area contributed by atoms with Crippen molar-refractivity contribution < 1.29 is 23.5 Å². The fourth-order valence-corrected chi connectivity index (χ4v) is 5.29. The first-order valence-electron chi connectivity index (χ1n) is 13.4. The molecule has 0 fully saturated rings. The van der Waals surface area contributed by atoms with Gasteiger partial charge in [-0.1, -0.05) is 73.5 Å². The molecule has 9 heteroatoms. The summed E-state index contributed by atoms with van der Waals surface area (Å²) in [7, 11) is 2.66. The number of halogens is 2. The van der Waals surface area contributed by atoms with Crippen molar-refractivity contribution in [2.24, 2.45) is 0 Å². The number of carbonyl (C=O) groups is 2. The predicted octanol–water partition coefficient (Wildman–Crippen LogP) is 7.76. The van der Waals surface area contributed by atoms with Crippen LogP contribution in [0.4, 0.5) is 4.39 Å². The molecular weight excluding hydrogens is 557 g/mol. The van der Waals surface area contributed by atoms with Gasteiger partial charge in [-0.05, 0) is 35.7 Å². The van der Waals surface area contributed by atoms with Gasteiger partial charge in [0.1, 0.15) is 5.82 Å². The van der Waals surface area contributed by atoms with Gasteiger partial charge in [0, 0.05) is 33.8 Å². The smallest absolute Gasteiger partial charge is 0.338 e. The van der Waals surface area contributed by atoms with Gasteiger partial charge in [0.05, 0.1) is 36.9 Å². The number of rotatable bonds is 9. The third-order valence-electron chi connectivity index (χ3n) is 7.07. The van der Waals surface area contributed by atoms with E-state index in [1.54, 1.807) is 30.3 Å². The maximum Gasteiger partial charge on any atom is 0.338 e. The zero-order valence-corrected chi connectivity index (χ0v) is 24.1. The summed E-state index contributed by atoms with van der Waals surface area (Å²) in [5, 5.41) is 3.45. The molecule has 2 N–H and O–H groups in total. The molecule has 42 heavy (non-hydrogen) atoms. The van der Waals surface area contributed by atoms with Gasteiger partial charge < -0.3 is 19.8 Å². The summed E-state index contributed by atoms with van der Waals surface area (Å²) in [6.45, 7) is 2.06. The summed E-state index contributed by atoms with van der Waals surface area (Å²) in [5.41, 5.74) is 3.96. The lowest BCUT2D eigenvalue weighted by Crippen LogP contribution is -2.28. The number of nitrogens with zero attached hydrogens (tertiary/aromatic N) is 1. The molecule has 1 atom stereocenters. The predicted molar refractivity (Wildman–Crippen MR) is 161 cm³/mol. The van der Waals surface area contributed by atoms with E-state index in [2.05, 4.69) is 22.2 Å². The van der Waals surface area contributed by atoms with Crippen molar-refractivity contribution in [2.45, 2.75) is 25.8 Å². The van der Waals surface area contributed by atoms with E-state index in [1.807, 2.05) is 30.3 Å². The van der Waals surface area contributed by atoms with Crippen LogP contribution in [0.3, 0.4) is 0 Å². The van der Waals surface area contributed by atoms with E-state index in [-0.39, 0.29) is 23.3 Å². The standard InChI is InChI=1S/C33H29ClFN3O4/c1-4-9-26(19-10-6-5-7-11-19)38-32(39)20-14-15-21(23(16-20)33(40)42-3)30-22(12-8-13-24(30)34)31-36-27-17-25(35)29(41-2)18-28(27)37-31/h5-8,10-18,26H,4,9H2,1-3H3,(H,36,37)(H,38,39)/t26-/m1/s1. The molecule has 1 heterocycles. The van der Waals surface area contributed by atoms with Crippen LogP contribution in [0, 0.1) is 5.82 Å². The first kappa shape index (κ1) is 28.8. The van der Waals surface area contributed by atoms with Crippen LogP contribution in [0.25, 0.3) is 33.5 Å².